The zero-order valence-corrected chi connectivity index (χ0v) is 19.6. The highest BCUT2D eigenvalue weighted by Gasteiger charge is 2.42. The fourth-order valence-electron chi connectivity index (χ4n) is 4.05. The summed E-state index contributed by atoms with van der Waals surface area (Å²) >= 11 is 12.2. The van der Waals surface area contributed by atoms with Gasteiger partial charge in [-0.1, -0.05) is 59.6 Å². The Morgan fingerprint density at radius 2 is 1.82 bits per heavy atom. The second-order valence-corrected chi connectivity index (χ2v) is 8.87. The van der Waals surface area contributed by atoms with E-state index in [0.29, 0.717) is 29.3 Å². The van der Waals surface area contributed by atoms with Gasteiger partial charge >= 0.3 is 6.18 Å². The molecule has 1 aliphatic heterocycles. The molecule has 2 aromatic carbocycles. The van der Waals surface area contributed by atoms with Gasteiger partial charge in [0, 0.05) is 18.3 Å². The number of carbonyl (C=O) groups is 1. The van der Waals surface area contributed by atoms with Gasteiger partial charge < -0.3 is 5.32 Å². The van der Waals surface area contributed by atoms with Gasteiger partial charge in [-0.2, -0.15) is 18.3 Å². The van der Waals surface area contributed by atoms with Gasteiger partial charge in [0.1, 0.15) is 5.92 Å². The second kappa shape index (κ2) is 9.80. The average Bonchev–Trinajstić information content (AvgIpc) is 3.22. The van der Waals surface area contributed by atoms with Crippen LogP contribution in [0.4, 0.5) is 19.0 Å². The lowest BCUT2D eigenvalue weighted by molar-refractivity contribution is -0.141. The number of aryl methyl sites for hydroxylation is 1. The number of hydrogen-bond acceptors (Lipinski definition) is 3. The van der Waals surface area contributed by atoms with E-state index in [2.05, 4.69) is 15.4 Å². The molecule has 1 N–H and O–H groups in total. The Morgan fingerprint density at radius 1 is 1.09 bits per heavy atom. The molecule has 4 rings (SSSR count). The molecule has 2 heterocycles. The van der Waals surface area contributed by atoms with Crippen LogP contribution in [0.3, 0.4) is 0 Å². The lowest BCUT2D eigenvalue weighted by atomic mass is 9.87. The minimum Gasteiger partial charge on any atom is -0.355 e. The molecule has 1 amide bonds. The van der Waals surface area contributed by atoms with Crippen LogP contribution in [0.1, 0.15) is 36.2 Å². The summed E-state index contributed by atoms with van der Waals surface area (Å²) in [5, 5.41) is 7.19. The van der Waals surface area contributed by atoms with E-state index in [1.54, 1.807) is 25.1 Å². The van der Waals surface area contributed by atoms with Crippen molar-refractivity contribution in [3.05, 3.63) is 81.5 Å². The zero-order valence-electron chi connectivity index (χ0n) is 18.1. The molecule has 10 heteroatoms. The highest BCUT2D eigenvalue weighted by atomic mass is 35.5. The molecular weight excluding hydrogens is 488 g/mol. The fourth-order valence-corrected chi connectivity index (χ4v) is 4.36. The Kier molecular flexibility index (Phi) is 7.00. The van der Waals surface area contributed by atoms with Crippen LogP contribution in [-0.4, -0.2) is 27.9 Å². The number of aromatic nitrogens is 2. The maximum Gasteiger partial charge on any atom is 0.435 e. The number of carbonyl (C=O) groups excluding carboxylic acids is 1. The largest absolute Gasteiger partial charge is 0.435 e. The van der Waals surface area contributed by atoms with Crippen molar-refractivity contribution in [3.63, 3.8) is 0 Å². The summed E-state index contributed by atoms with van der Waals surface area (Å²) in [5.74, 6) is -1.20. The number of alkyl halides is 3. The van der Waals surface area contributed by atoms with Crippen LogP contribution in [0, 0.1) is 5.92 Å². The molecule has 178 valence electrons. The molecule has 2 atom stereocenters. The van der Waals surface area contributed by atoms with Crippen LogP contribution in [-0.2, 0) is 17.4 Å². The Labute approximate surface area is 204 Å². The summed E-state index contributed by atoms with van der Waals surface area (Å²) in [6.07, 6.45) is -3.15. The van der Waals surface area contributed by atoms with Gasteiger partial charge in [0.15, 0.2) is 11.5 Å². The molecule has 0 saturated carbocycles. The first-order chi connectivity index (χ1) is 16.1. The molecule has 0 aliphatic carbocycles. The maximum atomic E-state index is 13.4. The van der Waals surface area contributed by atoms with Crippen LogP contribution in [0.2, 0.25) is 10.0 Å². The Balaban J connectivity index is 1.62. The van der Waals surface area contributed by atoms with Crippen molar-refractivity contribution in [1.82, 2.24) is 15.1 Å². The number of amides is 1. The third-order valence-corrected chi connectivity index (χ3v) is 6.42. The Bertz CT molecular complexity index is 1220. The van der Waals surface area contributed by atoms with Crippen molar-refractivity contribution in [2.24, 2.45) is 10.9 Å². The second-order valence-electron chi connectivity index (χ2n) is 8.06. The molecule has 5 nitrogen and oxygen atoms in total. The third-order valence-electron chi connectivity index (χ3n) is 5.68. The molecule has 3 aromatic rings. The molecule has 0 bridgehead atoms. The van der Waals surface area contributed by atoms with Gasteiger partial charge in [-0.25, -0.2) is 9.67 Å². The van der Waals surface area contributed by atoms with Gasteiger partial charge in [0.25, 0.3) is 0 Å². The smallest absolute Gasteiger partial charge is 0.355 e. The van der Waals surface area contributed by atoms with Crippen LogP contribution >= 0.6 is 23.2 Å². The molecule has 0 spiro atoms. The highest BCUT2D eigenvalue weighted by Crippen LogP contribution is 2.41. The van der Waals surface area contributed by atoms with E-state index in [4.69, 9.17) is 23.2 Å². The molecule has 1 aliphatic rings. The van der Waals surface area contributed by atoms with Crippen LogP contribution < -0.4 is 5.32 Å². The summed E-state index contributed by atoms with van der Waals surface area (Å²) in [6, 6.07) is 14.6. The Morgan fingerprint density at radius 3 is 2.50 bits per heavy atom. The number of aliphatic imine (C=N–C) groups is 1. The summed E-state index contributed by atoms with van der Waals surface area (Å²) in [7, 11) is 0. The van der Waals surface area contributed by atoms with Crippen molar-refractivity contribution in [2.45, 2.75) is 32.0 Å². The van der Waals surface area contributed by atoms with Crippen LogP contribution in [0.25, 0.3) is 0 Å². The molecule has 0 fully saturated rings. The van der Waals surface area contributed by atoms with Gasteiger partial charge in [-0.3, -0.25) is 4.79 Å². The molecule has 1 aromatic heterocycles. The fraction of sp³-hybridized carbons (Fsp3) is 0.292. The number of rotatable bonds is 6. The number of benzene rings is 2. The first-order valence-corrected chi connectivity index (χ1v) is 11.4. The van der Waals surface area contributed by atoms with E-state index in [0.717, 1.165) is 22.7 Å². The van der Waals surface area contributed by atoms with Crippen molar-refractivity contribution < 1.29 is 18.0 Å². The van der Waals surface area contributed by atoms with Crippen LogP contribution in [0.5, 0.6) is 0 Å². The molecule has 0 radical (unpaired) electrons. The van der Waals surface area contributed by atoms with Crippen molar-refractivity contribution in [3.8, 4) is 0 Å². The van der Waals surface area contributed by atoms with E-state index in [1.807, 2.05) is 30.3 Å². The Hall–Kier alpha value is -2.84. The number of halogens is 5. The number of fused-ring (bicyclic) bond motifs is 1. The minimum atomic E-state index is -4.65. The van der Waals surface area contributed by atoms with E-state index >= 15 is 0 Å². The number of nitrogens with one attached hydrogen (secondary N) is 1. The SMILES string of the molecule is CC1=Nc2cc(C(F)(F)F)nn2C(c2ccc(Cl)c(Cl)c2)C1C(=O)NCCCc1ccccc1. The van der Waals surface area contributed by atoms with E-state index in [9.17, 15) is 18.0 Å². The standard InChI is InChI=1S/C24H21Cl2F3N4O/c1-14-21(23(34)30-11-5-8-15-6-3-2-4-7-15)22(16-9-10-17(25)18(26)12-16)33-20(31-14)13-19(32-33)24(27,28)29/h2-4,6-7,9-10,12-13,21-22H,5,8,11H2,1H3,(H,30,34). The summed E-state index contributed by atoms with van der Waals surface area (Å²) in [5.41, 5.74) is 0.971. The number of nitrogens with zero attached hydrogens (tertiary/aromatic N) is 3. The lowest BCUT2D eigenvalue weighted by Crippen LogP contribution is -2.42. The van der Waals surface area contributed by atoms with E-state index in [-0.39, 0.29) is 16.7 Å². The first-order valence-electron chi connectivity index (χ1n) is 10.6. The summed E-state index contributed by atoms with van der Waals surface area (Å²) < 4.78 is 41.3. The van der Waals surface area contributed by atoms with Gasteiger partial charge in [0.05, 0.1) is 16.1 Å². The monoisotopic (exact) mass is 508 g/mol. The van der Waals surface area contributed by atoms with Crippen LogP contribution in [0.15, 0.2) is 59.6 Å². The predicted octanol–water partition coefficient (Wildman–Crippen LogP) is 6.27. The van der Waals surface area contributed by atoms with E-state index in [1.165, 1.54) is 0 Å². The third kappa shape index (κ3) is 5.13. The first kappa shape index (κ1) is 24.3. The normalized spacial score (nSPS) is 17.8. The quantitative estimate of drug-likeness (QED) is 0.399. The average molecular weight is 509 g/mol. The molecular formula is C24H21Cl2F3N4O. The lowest BCUT2D eigenvalue weighted by Gasteiger charge is -2.31. The predicted molar refractivity (Wildman–Crippen MR) is 126 cm³/mol. The zero-order chi connectivity index (χ0) is 24.5. The van der Waals surface area contributed by atoms with Gasteiger partial charge in [-0.15, -0.1) is 0 Å². The molecule has 2 unspecified atom stereocenters. The van der Waals surface area contributed by atoms with Crippen molar-refractivity contribution in [2.75, 3.05) is 6.54 Å². The van der Waals surface area contributed by atoms with Gasteiger partial charge in [-0.05, 0) is 43.0 Å². The minimum absolute atomic E-state index is 0.0222. The van der Waals surface area contributed by atoms with Gasteiger partial charge in [0.2, 0.25) is 5.91 Å². The van der Waals surface area contributed by atoms with Crippen molar-refractivity contribution >= 4 is 40.6 Å². The van der Waals surface area contributed by atoms with Crippen molar-refractivity contribution in [1.29, 1.82) is 0 Å². The van der Waals surface area contributed by atoms with E-state index < -0.39 is 23.8 Å². The topological polar surface area (TPSA) is 59.3 Å². The molecule has 34 heavy (non-hydrogen) atoms. The number of hydrogen-bond donors (Lipinski definition) is 1. The maximum absolute atomic E-state index is 13.4. The summed E-state index contributed by atoms with van der Waals surface area (Å²) in [6.45, 7) is 2.04. The summed E-state index contributed by atoms with van der Waals surface area (Å²) in [4.78, 5) is 17.5. The highest BCUT2D eigenvalue weighted by molar-refractivity contribution is 6.42. The molecule has 0 saturated heterocycles.